The summed E-state index contributed by atoms with van der Waals surface area (Å²) in [4.78, 5) is 18.2. The van der Waals surface area contributed by atoms with Gasteiger partial charge in [0.05, 0.1) is 33.7 Å². The molecule has 240 valence electrons. The SMILES string of the molecule is c1ccc(-c2nc(N3c4ccccc4-c4ccc5c6c(ccc3c46)C3(c4ccccc4-c4ccccc43)c3ncccc3-5)nc3ccccc23)cc1. The molecule has 0 radical (unpaired) electrons. The van der Waals surface area contributed by atoms with E-state index in [2.05, 4.69) is 163 Å². The van der Waals surface area contributed by atoms with Crippen LogP contribution in [0.1, 0.15) is 22.4 Å². The Morgan fingerprint density at radius 1 is 0.423 bits per heavy atom. The summed E-state index contributed by atoms with van der Waals surface area (Å²) in [7, 11) is 0. The number of aromatic nitrogens is 3. The van der Waals surface area contributed by atoms with Crippen LogP contribution in [0.2, 0.25) is 0 Å². The van der Waals surface area contributed by atoms with E-state index in [-0.39, 0.29) is 0 Å². The van der Waals surface area contributed by atoms with Crippen LogP contribution in [0, 0.1) is 0 Å². The zero-order chi connectivity index (χ0) is 34.0. The average Bonchev–Trinajstić information content (AvgIpc) is 3.51. The smallest absolute Gasteiger partial charge is 0.235 e. The molecule has 1 aliphatic heterocycles. The Morgan fingerprint density at radius 3 is 1.88 bits per heavy atom. The first-order valence-electron chi connectivity index (χ1n) is 17.8. The Labute approximate surface area is 300 Å². The molecule has 0 unspecified atom stereocenters. The number of hydrogen-bond donors (Lipinski definition) is 0. The fourth-order valence-corrected chi connectivity index (χ4v) is 9.48. The molecule has 12 rings (SSSR count). The summed E-state index contributed by atoms with van der Waals surface area (Å²) in [6.07, 6.45) is 1.96. The third kappa shape index (κ3) is 3.39. The van der Waals surface area contributed by atoms with Crippen LogP contribution in [0.4, 0.5) is 17.3 Å². The standard InChI is InChI=1S/C48H28N4/c1-2-13-29(14-3-1)45-36-18-6-10-22-40(36)50-47(51-45)52-41-23-11-7-17-32(41)33-24-25-34-35-19-12-28-49-46(35)48(39-26-27-42(52)44(33)43(34)39)37-20-8-4-15-30(37)31-16-5-9-21-38(31)48/h1-28H. The Balaban J connectivity index is 1.23. The molecule has 52 heavy (non-hydrogen) atoms. The normalized spacial score (nSPS) is 13.9. The van der Waals surface area contributed by atoms with Gasteiger partial charge < -0.3 is 0 Å². The molecule has 4 heteroatoms. The molecule has 0 saturated carbocycles. The Bertz CT molecular complexity index is 2940. The molecule has 3 aliphatic rings. The van der Waals surface area contributed by atoms with Gasteiger partial charge in [-0.15, -0.1) is 0 Å². The second-order valence-corrected chi connectivity index (χ2v) is 13.9. The number of fused-ring (bicyclic) bond motifs is 12. The van der Waals surface area contributed by atoms with Crippen molar-refractivity contribution in [1.82, 2.24) is 15.0 Å². The molecule has 0 N–H and O–H groups in total. The van der Waals surface area contributed by atoms with Gasteiger partial charge in [-0.2, -0.15) is 0 Å². The van der Waals surface area contributed by atoms with Crippen molar-refractivity contribution in [1.29, 1.82) is 0 Å². The summed E-state index contributed by atoms with van der Waals surface area (Å²) < 4.78 is 0. The van der Waals surface area contributed by atoms with Gasteiger partial charge in [0, 0.05) is 33.7 Å². The summed E-state index contributed by atoms with van der Waals surface area (Å²) in [5.41, 5.74) is 16.7. The zero-order valence-electron chi connectivity index (χ0n) is 28.0. The molecule has 0 bridgehead atoms. The quantitative estimate of drug-likeness (QED) is 0.185. The molecular weight excluding hydrogens is 633 g/mol. The summed E-state index contributed by atoms with van der Waals surface area (Å²) in [5.74, 6) is 0.653. The maximum absolute atomic E-state index is 5.40. The number of nitrogens with zero attached hydrogens (tertiary/aromatic N) is 4. The number of benzene rings is 7. The fourth-order valence-electron chi connectivity index (χ4n) is 9.48. The number of rotatable bonds is 2. The summed E-state index contributed by atoms with van der Waals surface area (Å²) in [6, 6.07) is 58.9. The van der Waals surface area contributed by atoms with E-state index >= 15 is 0 Å². The average molecular weight is 661 g/mol. The molecule has 2 aromatic heterocycles. The monoisotopic (exact) mass is 660 g/mol. The molecule has 4 nitrogen and oxygen atoms in total. The highest BCUT2D eigenvalue weighted by Gasteiger charge is 2.51. The molecule has 1 spiro atoms. The largest absolute Gasteiger partial charge is 0.278 e. The lowest BCUT2D eigenvalue weighted by atomic mass is 9.63. The van der Waals surface area contributed by atoms with Crippen molar-refractivity contribution < 1.29 is 0 Å². The summed E-state index contributed by atoms with van der Waals surface area (Å²) in [6.45, 7) is 0. The highest BCUT2D eigenvalue weighted by atomic mass is 15.3. The van der Waals surface area contributed by atoms with Crippen LogP contribution < -0.4 is 4.90 Å². The van der Waals surface area contributed by atoms with Crippen LogP contribution in [-0.2, 0) is 5.41 Å². The van der Waals surface area contributed by atoms with Gasteiger partial charge in [0.1, 0.15) is 0 Å². The predicted octanol–water partition coefficient (Wildman–Crippen LogP) is 11.6. The molecule has 0 amide bonds. The van der Waals surface area contributed by atoms with E-state index in [1.807, 2.05) is 12.3 Å². The van der Waals surface area contributed by atoms with Crippen LogP contribution >= 0.6 is 0 Å². The van der Waals surface area contributed by atoms with Gasteiger partial charge in [-0.05, 0) is 68.6 Å². The van der Waals surface area contributed by atoms with E-state index in [4.69, 9.17) is 15.0 Å². The molecule has 0 saturated heterocycles. The molecule has 9 aromatic rings. The molecule has 3 heterocycles. The minimum atomic E-state index is -0.574. The number of para-hydroxylation sites is 2. The first kappa shape index (κ1) is 27.9. The van der Waals surface area contributed by atoms with Crippen molar-refractivity contribution in [3.8, 4) is 44.6 Å². The van der Waals surface area contributed by atoms with Gasteiger partial charge in [-0.25, -0.2) is 9.97 Å². The van der Waals surface area contributed by atoms with Gasteiger partial charge in [-0.3, -0.25) is 9.88 Å². The van der Waals surface area contributed by atoms with E-state index in [1.165, 1.54) is 55.3 Å². The van der Waals surface area contributed by atoms with E-state index in [0.29, 0.717) is 5.95 Å². The van der Waals surface area contributed by atoms with E-state index in [0.717, 1.165) is 44.8 Å². The summed E-state index contributed by atoms with van der Waals surface area (Å²) in [5, 5.41) is 3.50. The van der Waals surface area contributed by atoms with Crippen molar-refractivity contribution >= 4 is 39.0 Å². The fraction of sp³-hybridized carbons (Fsp3) is 0.0208. The van der Waals surface area contributed by atoms with Crippen LogP contribution in [0.15, 0.2) is 170 Å². The van der Waals surface area contributed by atoms with Crippen LogP contribution in [-0.4, -0.2) is 15.0 Å². The number of hydrogen-bond acceptors (Lipinski definition) is 4. The van der Waals surface area contributed by atoms with E-state index < -0.39 is 5.41 Å². The van der Waals surface area contributed by atoms with Crippen molar-refractivity contribution in [3.63, 3.8) is 0 Å². The maximum atomic E-state index is 5.40. The lowest BCUT2D eigenvalue weighted by molar-refractivity contribution is 0.739. The van der Waals surface area contributed by atoms with Crippen molar-refractivity contribution in [2.75, 3.05) is 4.90 Å². The molecule has 2 aliphatic carbocycles. The molecule has 0 fully saturated rings. The second kappa shape index (κ2) is 10.1. The number of pyridine rings is 1. The first-order chi connectivity index (χ1) is 25.8. The first-order valence-corrected chi connectivity index (χ1v) is 17.8. The molecule has 7 aromatic carbocycles. The van der Waals surface area contributed by atoms with Crippen LogP contribution in [0.5, 0.6) is 0 Å². The van der Waals surface area contributed by atoms with E-state index in [1.54, 1.807) is 0 Å². The zero-order valence-corrected chi connectivity index (χ0v) is 28.0. The Morgan fingerprint density at radius 2 is 1.08 bits per heavy atom. The lowest BCUT2D eigenvalue weighted by Crippen LogP contribution is -2.33. The lowest BCUT2D eigenvalue weighted by Gasteiger charge is -2.41. The maximum Gasteiger partial charge on any atom is 0.235 e. The molecular formula is C48H28N4. The van der Waals surface area contributed by atoms with Gasteiger partial charge in [0.25, 0.3) is 0 Å². The molecule has 0 atom stereocenters. The third-order valence-corrected chi connectivity index (χ3v) is 11.5. The van der Waals surface area contributed by atoms with Gasteiger partial charge in [-0.1, -0.05) is 140 Å². The van der Waals surface area contributed by atoms with Crippen molar-refractivity contribution in [3.05, 3.63) is 192 Å². The highest BCUT2D eigenvalue weighted by Crippen LogP contribution is 2.63. The second-order valence-electron chi connectivity index (χ2n) is 13.9. The van der Waals surface area contributed by atoms with Gasteiger partial charge >= 0.3 is 0 Å². The number of anilines is 3. The van der Waals surface area contributed by atoms with Gasteiger partial charge in [0.2, 0.25) is 5.95 Å². The highest BCUT2D eigenvalue weighted by molar-refractivity contribution is 6.20. The van der Waals surface area contributed by atoms with Crippen LogP contribution in [0.3, 0.4) is 0 Å². The van der Waals surface area contributed by atoms with Crippen LogP contribution in [0.25, 0.3) is 66.3 Å². The topological polar surface area (TPSA) is 41.9 Å². The predicted molar refractivity (Wildman–Crippen MR) is 210 cm³/mol. The minimum Gasteiger partial charge on any atom is -0.278 e. The van der Waals surface area contributed by atoms with Crippen molar-refractivity contribution in [2.24, 2.45) is 0 Å². The third-order valence-electron chi connectivity index (χ3n) is 11.5. The Hall–Kier alpha value is -6.91. The van der Waals surface area contributed by atoms with E-state index in [9.17, 15) is 0 Å². The Kier molecular flexibility index (Phi) is 5.40. The summed E-state index contributed by atoms with van der Waals surface area (Å²) >= 11 is 0. The van der Waals surface area contributed by atoms with Gasteiger partial charge in [0.15, 0.2) is 0 Å². The minimum absolute atomic E-state index is 0.574. The van der Waals surface area contributed by atoms with Crippen molar-refractivity contribution in [2.45, 2.75) is 5.41 Å².